The molecule has 1 rings (SSSR count). The number of hydrogen-bond acceptors (Lipinski definition) is 2. The number of hydrogen-bond donors (Lipinski definition) is 0. The van der Waals surface area contributed by atoms with Crippen LogP contribution in [-0.4, -0.2) is 42.5 Å². The minimum absolute atomic E-state index is 0.292. The van der Waals surface area contributed by atoms with Gasteiger partial charge in [-0.1, -0.05) is 20.4 Å². The van der Waals surface area contributed by atoms with Gasteiger partial charge in [-0.15, -0.1) is 0 Å². The quantitative estimate of drug-likeness (QED) is 0.703. The zero-order chi connectivity index (χ0) is 11.6. The average molecular weight is 210 g/mol. The van der Waals surface area contributed by atoms with Crippen molar-refractivity contribution in [2.45, 2.75) is 39.2 Å². The Balaban J connectivity index is 2.53. The second-order valence-corrected chi connectivity index (χ2v) is 5.71. The Morgan fingerprint density at radius 2 is 2.13 bits per heavy atom. The molecular formula is C13H26N2. The van der Waals surface area contributed by atoms with E-state index in [2.05, 4.69) is 51.2 Å². The summed E-state index contributed by atoms with van der Waals surface area (Å²) in [5.41, 5.74) is 1.58. The molecule has 0 aromatic heterocycles. The molecule has 0 aromatic carbocycles. The molecule has 1 aliphatic heterocycles. The van der Waals surface area contributed by atoms with Crippen LogP contribution in [0.5, 0.6) is 0 Å². The third-order valence-electron chi connectivity index (χ3n) is 3.52. The van der Waals surface area contributed by atoms with Gasteiger partial charge in [-0.05, 0) is 32.7 Å². The van der Waals surface area contributed by atoms with Crippen LogP contribution in [0.2, 0.25) is 0 Å². The fourth-order valence-corrected chi connectivity index (χ4v) is 2.59. The molecule has 1 aliphatic rings. The molecule has 2 heteroatoms. The number of nitrogens with zero attached hydrogens (tertiary/aromatic N) is 2. The molecule has 0 aromatic rings. The van der Waals surface area contributed by atoms with E-state index >= 15 is 0 Å². The second kappa shape index (κ2) is 4.56. The Hall–Kier alpha value is -0.500. The fraction of sp³-hybridized carbons (Fsp3) is 0.846. The first-order valence-electron chi connectivity index (χ1n) is 5.95. The van der Waals surface area contributed by atoms with Crippen LogP contribution in [0, 0.1) is 5.92 Å². The Bertz CT molecular complexity index is 235. The van der Waals surface area contributed by atoms with Crippen molar-refractivity contribution < 1.29 is 0 Å². The van der Waals surface area contributed by atoms with Gasteiger partial charge in [0.15, 0.2) is 0 Å². The van der Waals surface area contributed by atoms with Crippen LogP contribution in [0.15, 0.2) is 12.3 Å². The summed E-state index contributed by atoms with van der Waals surface area (Å²) in [4.78, 5) is 4.81. The van der Waals surface area contributed by atoms with Gasteiger partial charge >= 0.3 is 0 Å². The highest BCUT2D eigenvalue weighted by atomic mass is 15.3. The first-order valence-corrected chi connectivity index (χ1v) is 5.95. The SMILES string of the molecule is C=C1CC[C@@](C)(CN(C)CC(C)C)N1C. The highest BCUT2D eigenvalue weighted by molar-refractivity contribution is 5.09. The summed E-state index contributed by atoms with van der Waals surface area (Å²) in [7, 11) is 4.40. The number of likely N-dealkylation sites (tertiary alicyclic amines) is 1. The van der Waals surface area contributed by atoms with Crippen LogP contribution in [0.4, 0.5) is 0 Å². The summed E-state index contributed by atoms with van der Waals surface area (Å²) in [6.07, 6.45) is 2.40. The van der Waals surface area contributed by atoms with E-state index < -0.39 is 0 Å². The van der Waals surface area contributed by atoms with E-state index in [9.17, 15) is 0 Å². The van der Waals surface area contributed by atoms with E-state index in [1.165, 1.54) is 18.7 Å². The van der Waals surface area contributed by atoms with E-state index in [0.29, 0.717) is 5.54 Å². The third-order valence-corrected chi connectivity index (χ3v) is 3.52. The first kappa shape index (κ1) is 12.6. The summed E-state index contributed by atoms with van der Waals surface area (Å²) in [5, 5.41) is 0. The molecule has 0 unspecified atom stereocenters. The first-order chi connectivity index (χ1) is 6.85. The molecule has 2 nitrogen and oxygen atoms in total. The summed E-state index contributed by atoms with van der Waals surface area (Å²) < 4.78 is 0. The summed E-state index contributed by atoms with van der Waals surface area (Å²) >= 11 is 0. The summed E-state index contributed by atoms with van der Waals surface area (Å²) in [6, 6.07) is 0. The minimum atomic E-state index is 0.292. The van der Waals surface area contributed by atoms with Crippen LogP contribution >= 0.6 is 0 Å². The number of rotatable bonds is 4. The molecule has 1 fully saturated rings. The van der Waals surface area contributed by atoms with Crippen molar-refractivity contribution in [3.8, 4) is 0 Å². The molecule has 1 heterocycles. The van der Waals surface area contributed by atoms with Gasteiger partial charge in [0.1, 0.15) is 0 Å². The predicted molar refractivity (Wildman–Crippen MR) is 66.9 cm³/mol. The molecule has 1 saturated heterocycles. The summed E-state index contributed by atoms with van der Waals surface area (Å²) in [6.45, 7) is 13.3. The molecule has 0 saturated carbocycles. The van der Waals surface area contributed by atoms with Gasteiger partial charge in [0, 0.05) is 31.4 Å². The third kappa shape index (κ3) is 2.97. The average Bonchev–Trinajstić information content (AvgIpc) is 2.32. The maximum atomic E-state index is 4.11. The second-order valence-electron chi connectivity index (χ2n) is 5.71. The van der Waals surface area contributed by atoms with Crippen LogP contribution in [0.1, 0.15) is 33.6 Å². The topological polar surface area (TPSA) is 6.48 Å². The molecule has 88 valence electrons. The largest absolute Gasteiger partial charge is 0.372 e. The Morgan fingerprint density at radius 1 is 1.53 bits per heavy atom. The summed E-state index contributed by atoms with van der Waals surface area (Å²) in [5.74, 6) is 0.744. The van der Waals surface area contributed by atoms with Crippen molar-refractivity contribution >= 4 is 0 Å². The highest BCUT2D eigenvalue weighted by Crippen LogP contribution is 2.34. The van der Waals surface area contributed by atoms with Gasteiger partial charge in [0.05, 0.1) is 0 Å². The van der Waals surface area contributed by atoms with E-state index in [1.54, 1.807) is 0 Å². The van der Waals surface area contributed by atoms with E-state index in [0.717, 1.165) is 18.9 Å². The lowest BCUT2D eigenvalue weighted by Gasteiger charge is -2.38. The molecule has 0 spiro atoms. The van der Waals surface area contributed by atoms with E-state index in [1.807, 2.05) is 0 Å². The van der Waals surface area contributed by atoms with Crippen LogP contribution in [0.25, 0.3) is 0 Å². The van der Waals surface area contributed by atoms with Gasteiger partial charge in [-0.2, -0.15) is 0 Å². The lowest BCUT2D eigenvalue weighted by molar-refractivity contribution is 0.142. The molecule has 1 atom stereocenters. The van der Waals surface area contributed by atoms with Gasteiger partial charge in [0.2, 0.25) is 0 Å². The maximum absolute atomic E-state index is 4.11. The standard InChI is InChI=1S/C13H26N2/c1-11(2)9-14(5)10-13(4)8-7-12(3)15(13)6/h11H,3,7-10H2,1-2,4-6H3/t13-/m0/s1. The Labute approximate surface area is 94.9 Å². The van der Waals surface area contributed by atoms with Crippen molar-refractivity contribution in [3.05, 3.63) is 12.3 Å². The lowest BCUT2D eigenvalue weighted by Crippen LogP contribution is -2.47. The highest BCUT2D eigenvalue weighted by Gasteiger charge is 2.36. The van der Waals surface area contributed by atoms with E-state index in [4.69, 9.17) is 0 Å². The predicted octanol–water partition coefficient (Wildman–Crippen LogP) is 2.57. The Kier molecular flexibility index (Phi) is 3.82. The zero-order valence-corrected chi connectivity index (χ0v) is 11.0. The van der Waals surface area contributed by atoms with Gasteiger partial charge in [-0.25, -0.2) is 0 Å². The van der Waals surface area contributed by atoms with Crippen molar-refractivity contribution in [2.75, 3.05) is 27.2 Å². The van der Waals surface area contributed by atoms with Gasteiger partial charge in [-0.3, -0.25) is 0 Å². The molecule has 0 aliphatic carbocycles. The molecule has 0 amide bonds. The van der Waals surface area contributed by atoms with Crippen molar-refractivity contribution in [1.29, 1.82) is 0 Å². The smallest absolute Gasteiger partial charge is 0.0498 e. The molecule has 0 bridgehead atoms. The van der Waals surface area contributed by atoms with Crippen molar-refractivity contribution in [2.24, 2.45) is 5.92 Å². The Morgan fingerprint density at radius 3 is 2.53 bits per heavy atom. The number of likely N-dealkylation sites (N-methyl/N-ethyl adjacent to an activating group) is 2. The number of allylic oxidation sites excluding steroid dienone is 1. The van der Waals surface area contributed by atoms with E-state index in [-0.39, 0.29) is 0 Å². The molecular weight excluding hydrogens is 184 g/mol. The monoisotopic (exact) mass is 210 g/mol. The van der Waals surface area contributed by atoms with Crippen LogP contribution in [-0.2, 0) is 0 Å². The zero-order valence-electron chi connectivity index (χ0n) is 11.0. The molecule has 0 N–H and O–H groups in total. The minimum Gasteiger partial charge on any atom is -0.372 e. The normalized spacial score (nSPS) is 27.1. The van der Waals surface area contributed by atoms with Crippen molar-refractivity contribution in [3.63, 3.8) is 0 Å². The lowest BCUT2D eigenvalue weighted by atomic mass is 9.98. The van der Waals surface area contributed by atoms with Crippen molar-refractivity contribution in [1.82, 2.24) is 9.80 Å². The molecule has 15 heavy (non-hydrogen) atoms. The van der Waals surface area contributed by atoms with Gasteiger partial charge in [0.25, 0.3) is 0 Å². The molecule has 0 radical (unpaired) electrons. The maximum Gasteiger partial charge on any atom is 0.0498 e. The fourth-order valence-electron chi connectivity index (χ4n) is 2.59. The van der Waals surface area contributed by atoms with Crippen LogP contribution < -0.4 is 0 Å². The van der Waals surface area contributed by atoms with Crippen LogP contribution in [0.3, 0.4) is 0 Å². The van der Waals surface area contributed by atoms with Gasteiger partial charge < -0.3 is 9.80 Å².